The van der Waals surface area contributed by atoms with Crippen LogP contribution >= 0.6 is 0 Å². The van der Waals surface area contributed by atoms with Crippen LogP contribution < -0.4 is 0 Å². The molecule has 86 valence electrons. The van der Waals surface area contributed by atoms with Crippen LogP contribution in [0.2, 0.25) is 0 Å². The second-order valence-electron chi connectivity index (χ2n) is 2.79. The lowest BCUT2D eigenvalue weighted by Gasteiger charge is -2.06. The predicted molar refractivity (Wildman–Crippen MR) is 61.3 cm³/mol. The molecular formula is C12H26O2. The van der Waals surface area contributed by atoms with Crippen LogP contribution in [-0.4, -0.2) is 12.1 Å². The summed E-state index contributed by atoms with van der Waals surface area (Å²) in [5, 5.41) is 0. The van der Waals surface area contributed by atoms with Gasteiger partial charge in [0.2, 0.25) is 0 Å². The Kier molecular flexibility index (Phi) is 14.2. The Hall–Kier alpha value is -0.530. The van der Waals surface area contributed by atoms with Crippen LogP contribution in [0.25, 0.3) is 0 Å². The number of esters is 1. The van der Waals surface area contributed by atoms with E-state index in [-0.39, 0.29) is 12.1 Å². The molecule has 0 aliphatic carbocycles. The lowest BCUT2D eigenvalue weighted by molar-refractivity contribution is -0.141. The van der Waals surface area contributed by atoms with E-state index in [9.17, 15) is 4.79 Å². The van der Waals surface area contributed by atoms with Crippen molar-refractivity contribution in [2.75, 3.05) is 0 Å². The molecule has 0 aromatic carbocycles. The molecule has 0 radical (unpaired) electrons. The molecule has 0 aromatic rings. The van der Waals surface area contributed by atoms with E-state index >= 15 is 0 Å². The summed E-state index contributed by atoms with van der Waals surface area (Å²) in [5.74, 6) is -0.0129. The molecule has 0 saturated carbocycles. The summed E-state index contributed by atoms with van der Waals surface area (Å²) in [6.45, 7) is 10.1. The third-order valence-corrected chi connectivity index (χ3v) is 1.85. The van der Waals surface area contributed by atoms with Crippen molar-refractivity contribution in [2.24, 2.45) is 0 Å². The zero-order chi connectivity index (χ0) is 11.4. The van der Waals surface area contributed by atoms with Gasteiger partial charge in [0, 0.05) is 6.42 Å². The maximum Gasteiger partial charge on any atom is 0.306 e. The monoisotopic (exact) mass is 202 g/mol. The molecule has 0 N–H and O–H groups in total. The van der Waals surface area contributed by atoms with E-state index in [1.807, 2.05) is 27.7 Å². The Morgan fingerprint density at radius 3 is 2.21 bits per heavy atom. The first-order valence-electron chi connectivity index (χ1n) is 6.02. The first kappa shape index (κ1) is 15.9. The number of hydrogen-bond donors (Lipinski definition) is 0. The molecule has 1 aliphatic rings. The van der Waals surface area contributed by atoms with Gasteiger partial charge in [0.05, 0.1) is 0 Å². The van der Waals surface area contributed by atoms with Crippen LogP contribution in [-0.2, 0) is 9.53 Å². The average Bonchev–Trinajstić information content (AvgIpc) is 2.67. The van der Waals surface area contributed by atoms with E-state index in [4.69, 9.17) is 4.74 Å². The van der Waals surface area contributed by atoms with Crippen LogP contribution in [0.1, 0.15) is 66.7 Å². The molecule has 2 heteroatoms. The molecule has 1 heterocycles. The highest BCUT2D eigenvalue weighted by atomic mass is 16.5. The molecule has 0 aromatic heterocycles. The normalized spacial score (nSPS) is 18.6. The molecule has 1 saturated heterocycles. The zero-order valence-corrected chi connectivity index (χ0v) is 10.4. The summed E-state index contributed by atoms with van der Waals surface area (Å²) >= 11 is 0. The van der Waals surface area contributed by atoms with Crippen molar-refractivity contribution in [3.63, 3.8) is 0 Å². The number of carbonyl (C=O) groups is 1. The topological polar surface area (TPSA) is 26.3 Å². The molecule has 2 nitrogen and oxygen atoms in total. The summed E-state index contributed by atoms with van der Waals surface area (Å²) in [5.41, 5.74) is 0. The van der Waals surface area contributed by atoms with Crippen LogP contribution in [0.3, 0.4) is 0 Å². The third kappa shape index (κ3) is 8.09. The van der Waals surface area contributed by atoms with Crippen LogP contribution in [0.5, 0.6) is 0 Å². The Bertz CT molecular complexity index is 121. The van der Waals surface area contributed by atoms with Crippen molar-refractivity contribution in [1.29, 1.82) is 0 Å². The lowest BCUT2D eigenvalue weighted by atomic mass is 10.1. The molecule has 1 fully saturated rings. The van der Waals surface area contributed by atoms with Gasteiger partial charge in [0.25, 0.3) is 0 Å². The van der Waals surface area contributed by atoms with Crippen LogP contribution in [0, 0.1) is 0 Å². The van der Waals surface area contributed by atoms with Crippen LogP contribution in [0.15, 0.2) is 0 Å². The molecular weight excluding hydrogens is 176 g/mol. The SMILES string of the molecule is CC.CC.CCCCC1CCC(=O)O1. The second-order valence-corrected chi connectivity index (χ2v) is 2.79. The summed E-state index contributed by atoms with van der Waals surface area (Å²) in [6, 6.07) is 0. The highest BCUT2D eigenvalue weighted by Crippen LogP contribution is 2.18. The minimum absolute atomic E-state index is 0.0129. The van der Waals surface area contributed by atoms with Gasteiger partial charge in [0.15, 0.2) is 0 Å². The second kappa shape index (κ2) is 12.5. The quantitative estimate of drug-likeness (QED) is 0.648. The minimum atomic E-state index is -0.0129. The van der Waals surface area contributed by atoms with Gasteiger partial charge in [-0.15, -0.1) is 0 Å². The van der Waals surface area contributed by atoms with E-state index in [1.54, 1.807) is 0 Å². The molecule has 1 atom stereocenters. The smallest absolute Gasteiger partial charge is 0.306 e. The van der Waals surface area contributed by atoms with E-state index in [2.05, 4.69) is 6.92 Å². The van der Waals surface area contributed by atoms with E-state index in [1.165, 1.54) is 12.8 Å². The van der Waals surface area contributed by atoms with E-state index in [0.717, 1.165) is 12.8 Å². The Balaban J connectivity index is 0. The fourth-order valence-electron chi connectivity index (χ4n) is 1.22. The maximum absolute atomic E-state index is 10.6. The maximum atomic E-state index is 10.6. The average molecular weight is 202 g/mol. The lowest BCUT2D eigenvalue weighted by Crippen LogP contribution is -2.05. The number of cyclic esters (lactones) is 1. The van der Waals surface area contributed by atoms with E-state index in [0.29, 0.717) is 6.42 Å². The van der Waals surface area contributed by atoms with Crippen LogP contribution in [0.4, 0.5) is 0 Å². The van der Waals surface area contributed by atoms with Crippen molar-refractivity contribution in [3.05, 3.63) is 0 Å². The van der Waals surface area contributed by atoms with Gasteiger partial charge >= 0.3 is 5.97 Å². The number of hydrogen-bond acceptors (Lipinski definition) is 2. The molecule has 0 amide bonds. The van der Waals surface area contributed by atoms with Gasteiger partial charge in [-0.1, -0.05) is 47.5 Å². The summed E-state index contributed by atoms with van der Waals surface area (Å²) < 4.78 is 5.02. The fraction of sp³-hybridized carbons (Fsp3) is 0.917. The van der Waals surface area contributed by atoms with Crippen molar-refractivity contribution in [2.45, 2.75) is 72.8 Å². The zero-order valence-electron chi connectivity index (χ0n) is 10.4. The number of rotatable bonds is 3. The summed E-state index contributed by atoms with van der Waals surface area (Å²) in [6.07, 6.45) is 5.24. The Labute approximate surface area is 89.0 Å². The summed E-state index contributed by atoms with van der Waals surface area (Å²) in [7, 11) is 0. The predicted octanol–water partition coefficient (Wildman–Crippen LogP) is 3.93. The van der Waals surface area contributed by atoms with Crippen molar-refractivity contribution in [3.8, 4) is 0 Å². The number of unbranched alkanes of at least 4 members (excludes halogenated alkanes) is 1. The molecule has 1 unspecified atom stereocenters. The van der Waals surface area contributed by atoms with Crippen molar-refractivity contribution in [1.82, 2.24) is 0 Å². The van der Waals surface area contributed by atoms with Crippen molar-refractivity contribution < 1.29 is 9.53 Å². The largest absolute Gasteiger partial charge is 0.462 e. The Morgan fingerprint density at radius 2 is 1.86 bits per heavy atom. The van der Waals surface area contributed by atoms with Gasteiger partial charge in [-0.25, -0.2) is 0 Å². The summed E-state index contributed by atoms with van der Waals surface area (Å²) in [4.78, 5) is 10.6. The van der Waals surface area contributed by atoms with Gasteiger partial charge < -0.3 is 4.74 Å². The molecule has 14 heavy (non-hydrogen) atoms. The fourth-order valence-corrected chi connectivity index (χ4v) is 1.22. The highest BCUT2D eigenvalue weighted by Gasteiger charge is 2.21. The van der Waals surface area contributed by atoms with Gasteiger partial charge in [0.1, 0.15) is 6.10 Å². The minimum Gasteiger partial charge on any atom is -0.462 e. The van der Waals surface area contributed by atoms with Crippen molar-refractivity contribution >= 4 is 5.97 Å². The first-order chi connectivity index (χ1) is 6.83. The number of carbonyl (C=O) groups excluding carboxylic acids is 1. The highest BCUT2D eigenvalue weighted by molar-refractivity contribution is 5.71. The number of ether oxygens (including phenoxy) is 1. The standard InChI is InChI=1S/C8H14O2.2C2H6/c1-2-3-4-7-5-6-8(9)10-7;2*1-2/h7H,2-6H2,1H3;2*1-2H3. The van der Waals surface area contributed by atoms with Gasteiger partial charge in [-0.2, -0.15) is 0 Å². The van der Waals surface area contributed by atoms with E-state index < -0.39 is 0 Å². The van der Waals surface area contributed by atoms with Gasteiger partial charge in [-0.3, -0.25) is 4.79 Å². The molecule has 0 spiro atoms. The third-order valence-electron chi connectivity index (χ3n) is 1.85. The molecule has 1 rings (SSSR count). The molecule has 1 aliphatic heterocycles. The molecule has 0 bridgehead atoms. The van der Waals surface area contributed by atoms with Gasteiger partial charge in [-0.05, 0) is 12.8 Å². The first-order valence-corrected chi connectivity index (χ1v) is 6.02. The Morgan fingerprint density at radius 1 is 1.29 bits per heavy atom.